The molecule has 1 amide bonds. The van der Waals surface area contributed by atoms with Crippen LogP contribution in [0.25, 0.3) is 0 Å². The number of aliphatic hydroxyl groups is 1. The number of hydrogen-bond acceptors (Lipinski definition) is 2. The standard InChI is InChI=1S/C22H31NO2/c1-3-16(12-24)21(25)23-13-22(14-23)9-8-19(11-22)20-7-6-18(10-15(20)2)17-4-5-17/h6-7,10,16-17,19,24H,3-5,8-9,11-14H2,1-2H3/t16-,19?/m1/s1. The Kier molecular flexibility index (Phi) is 4.39. The van der Waals surface area contributed by atoms with Gasteiger partial charge in [-0.05, 0) is 74.0 Å². The number of nitrogens with zero attached hydrogens (tertiary/aromatic N) is 1. The molecule has 2 aliphatic carbocycles. The molecule has 3 nitrogen and oxygen atoms in total. The zero-order valence-electron chi connectivity index (χ0n) is 15.6. The molecule has 1 aromatic carbocycles. The molecule has 1 heterocycles. The lowest BCUT2D eigenvalue weighted by atomic mass is 9.76. The molecule has 1 aromatic rings. The fraction of sp³-hybridized carbons (Fsp3) is 0.682. The number of likely N-dealkylation sites (tertiary alicyclic amines) is 1. The summed E-state index contributed by atoms with van der Waals surface area (Å²) in [5.41, 5.74) is 4.87. The summed E-state index contributed by atoms with van der Waals surface area (Å²) in [6, 6.07) is 7.16. The number of benzene rings is 1. The summed E-state index contributed by atoms with van der Waals surface area (Å²) >= 11 is 0. The highest BCUT2D eigenvalue weighted by Crippen LogP contribution is 2.52. The van der Waals surface area contributed by atoms with Crippen molar-refractivity contribution < 1.29 is 9.90 Å². The van der Waals surface area contributed by atoms with Crippen LogP contribution in [0, 0.1) is 18.3 Å². The first kappa shape index (κ1) is 17.1. The van der Waals surface area contributed by atoms with E-state index in [1.807, 2.05) is 11.8 Å². The molecule has 0 bridgehead atoms. The molecule has 4 rings (SSSR count). The smallest absolute Gasteiger partial charge is 0.228 e. The van der Waals surface area contributed by atoms with Gasteiger partial charge in [0.1, 0.15) is 0 Å². The van der Waals surface area contributed by atoms with Crippen molar-refractivity contribution in [2.24, 2.45) is 11.3 Å². The van der Waals surface area contributed by atoms with Crippen molar-refractivity contribution in [3.63, 3.8) is 0 Å². The molecule has 1 saturated heterocycles. The van der Waals surface area contributed by atoms with Crippen LogP contribution in [-0.4, -0.2) is 35.6 Å². The quantitative estimate of drug-likeness (QED) is 0.880. The van der Waals surface area contributed by atoms with E-state index in [-0.39, 0.29) is 18.4 Å². The molecule has 1 unspecified atom stereocenters. The molecule has 25 heavy (non-hydrogen) atoms. The van der Waals surface area contributed by atoms with Gasteiger partial charge >= 0.3 is 0 Å². The third kappa shape index (κ3) is 3.12. The maximum Gasteiger partial charge on any atom is 0.228 e. The second-order valence-corrected chi connectivity index (χ2v) is 8.81. The minimum Gasteiger partial charge on any atom is -0.396 e. The van der Waals surface area contributed by atoms with Gasteiger partial charge in [0.05, 0.1) is 12.5 Å². The van der Waals surface area contributed by atoms with Crippen LogP contribution >= 0.6 is 0 Å². The van der Waals surface area contributed by atoms with Crippen molar-refractivity contribution >= 4 is 5.91 Å². The van der Waals surface area contributed by atoms with Gasteiger partial charge in [-0.15, -0.1) is 0 Å². The molecule has 2 atom stereocenters. The molecule has 3 aliphatic rings. The summed E-state index contributed by atoms with van der Waals surface area (Å²) in [6.45, 7) is 6.04. The number of carbonyl (C=O) groups is 1. The Morgan fingerprint density at radius 1 is 1.28 bits per heavy atom. The van der Waals surface area contributed by atoms with E-state index in [0.29, 0.717) is 11.3 Å². The third-order valence-electron chi connectivity index (χ3n) is 6.91. The summed E-state index contributed by atoms with van der Waals surface area (Å²) in [7, 11) is 0. The molecule has 0 aromatic heterocycles. The SMILES string of the molecule is CC[C@H](CO)C(=O)N1CC2(CCC(c3ccc(C4CC4)cc3C)C2)C1. The molecule has 2 saturated carbocycles. The minimum atomic E-state index is -0.202. The molecule has 3 heteroatoms. The first-order chi connectivity index (χ1) is 12.0. The number of rotatable bonds is 5. The normalized spacial score (nSPS) is 25.9. The van der Waals surface area contributed by atoms with E-state index >= 15 is 0 Å². The van der Waals surface area contributed by atoms with Crippen molar-refractivity contribution in [2.75, 3.05) is 19.7 Å². The number of carbonyl (C=O) groups excluding carboxylic acids is 1. The van der Waals surface area contributed by atoms with Gasteiger partial charge in [-0.25, -0.2) is 0 Å². The van der Waals surface area contributed by atoms with E-state index in [1.54, 1.807) is 0 Å². The summed E-state index contributed by atoms with van der Waals surface area (Å²) < 4.78 is 0. The molecule has 136 valence electrons. The lowest BCUT2D eigenvalue weighted by Crippen LogP contribution is -2.58. The fourth-order valence-corrected chi connectivity index (χ4v) is 5.15. The van der Waals surface area contributed by atoms with Gasteiger partial charge in [-0.2, -0.15) is 0 Å². The highest BCUT2D eigenvalue weighted by Gasteiger charge is 2.50. The number of aliphatic hydroxyl groups excluding tert-OH is 1. The molecular formula is C22H31NO2. The topological polar surface area (TPSA) is 40.5 Å². The van der Waals surface area contributed by atoms with Crippen LogP contribution < -0.4 is 0 Å². The Labute approximate surface area is 151 Å². The van der Waals surface area contributed by atoms with Crippen molar-refractivity contribution in [3.05, 3.63) is 34.9 Å². The first-order valence-electron chi connectivity index (χ1n) is 10.1. The van der Waals surface area contributed by atoms with Crippen LogP contribution in [0.15, 0.2) is 18.2 Å². The Bertz CT molecular complexity index is 654. The number of hydrogen-bond donors (Lipinski definition) is 1. The third-order valence-corrected chi connectivity index (χ3v) is 6.91. The van der Waals surface area contributed by atoms with Crippen LogP contribution in [0.1, 0.15) is 74.0 Å². The lowest BCUT2D eigenvalue weighted by Gasteiger charge is -2.49. The predicted octanol–water partition coefficient (Wildman–Crippen LogP) is 3.99. The van der Waals surface area contributed by atoms with E-state index in [9.17, 15) is 9.90 Å². The second kappa shape index (κ2) is 6.42. The predicted molar refractivity (Wildman–Crippen MR) is 99.6 cm³/mol. The van der Waals surface area contributed by atoms with Crippen LogP contribution in [0.4, 0.5) is 0 Å². The second-order valence-electron chi connectivity index (χ2n) is 8.81. The molecule has 1 spiro atoms. The van der Waals surface area contributed by atoms with Gasteiger partial charge in [-0.1, -0.05) is 25.1 Å². The maximum atomic E-state index is 12.4. The van der Waals surface area contributed by atoms with Crippen molar-refractivity contribution in [3.8, 4) is 0 Å². The van der Waals surface area contributed by atoms with Crippen molar-refractivity contribution in [2.45, 2.75) is 64.2 Å². The van der Waals surface area contributed by atoms with Gasteiger partial charge < -0.3 is 10.0 Å². The maximum absolute atomic E-state index is 12.4. The number of aryl methyl sites for hydroxylation is 1. The first-order valence-corrected chi connectivity index (χ1v) is 10.1. The van der Waals surface area contributed by atoms with E-state index in [4.69, 9.17) is 0 Å². The lowest BCUT2D eigenvalue weighted by molar-refractivity contribution is -0.149. The summed E-state index contributed by atoms with van der Waals surface area (Å²) in [5, 5.41) is 9.36. The summed E-state index contributed by atoms with van der Waals surface area (Å²) in [4.78, 5) is 14.4. The Balaban J connectivity index is 1.39. The van der Waals surface area contributed by atoms with Gasteiger partial charge in [0.25, 0.3) is 0 Å². The van der Waals surface area contributed by atoms with Crippen molar-refractivity contribution in [1.82, 2.24) is 4.90 Å². The van der Waals surface area contributed by atoms with E-state index in [2.05, 4.69) is 25.1 Å². The minimum absolute atomic E-state index is 0.0198. The van der Waals surface area contributed by atoms with Crippen LogP contribution in [0.3, 0.4) is 0 Å². The average molecular weight is 341 g/mol. The number of amides is 1. The summed E-state index contributed by atoms with van der Waals surface area (Å²) in [5.74, 6) is 1.44. The van der Waals surface area contributed by atoms with Crippen LogP contribution in [-0.2, 0) is 4.79 Å². The average Bonchev–Trinajstić information content (AvgIpc) is 3.33. The molecular weight excluding hydrogens is 310 g/mol. The molecule has 1 aliphatic heterocycles. The van der Waals surface area contributed by atoms with Gasteiger partial charge in [0.15, 0.2) is 0 Å². The monoisotopic (exact) mass is 341 g/mol. The van der Waals surface area contributed by atoms with E-state index < -0.39 is 0 Å². The molecule has 1 N–H and O–H groups in total. The van der Waals surface area contributed by atoms with Gasteiger partial charge in [0, 0.05) is 18.5 Å². The Hall–Kier alpha value is -1.35. The molecule has 3 fully saturated rings. The molecule has 0 radical (unpaired) electrons. The van der Waals surface area contributed by atoms with Crippen LogP contribution in [0.5, 0.6) is 0 Å². The highest BCUT2D eigenvalue weighted by molar-refractivity contribution is 5.80. The largest absolute Gasteiger partial charge is 0.396 e. The van der Waals surface area contributed by atoms with E-state index in [0.717, 1.165) is 25.4 Å². The van der Waals surface area contributed by atoms with E-state index in [1.165, 1.54) is 48.8 Å². The fourth-order valence-electron chi connectivity index (χ4n) is 5.15. The Morgan fingerprint density at radius 3 is 2.64 bits per heavy atom. The zero-order valence-corrected chi connectivity index (χ0v) is 15.6. The highest BCUT2D eigenvalue weighted by atomic mass is 16.3. The Morgan fingerprint density at radius 2 is 2.04 bits per heavy atom. The van der Waals surface area contributed by atoms with Crippen molar-refractivity contribution in [1.29, 1.82) is 0 Å². The summed E-state index contributed by atoms with van der Waals surface area (Å²) in [6.07, 6.45) is 7.16. The zero-order chi connectivity index (χ0) is 17.6. The van der Waals surface area contributed by atoms with Gasteiger partial charge in [0.2, 0.25) is 5.91 Å². The van der Waals surface area contributed by atoms with Crippen LogP contribution in [0.2, 0.25) is 0 Å². The van der Waals surface area contributed by atoms with Gasteiger partial charge in [-0.3, -0.25) is 4.79 Å².